The molecule has 8 heteroatoms. The van der Waals surface area contributed by atoms with Crippen molar-refractivity contribution >= 4 is 11.8 Å². The van der Waals surface area contributed by atoms with Crippen molar-refractivity contribution in [1.29, 1.82) is 0 Å². The maximum Gasteiger partial charge on any atom is 0.337 e. The highest BCUT2D eigenvalue weighted by atomic mass is 16.5. The smallest absolute Gasteiger partial charge is 0.337 e. The third-order valence-corrected chi connectivity index (χ3v) is 7.87. The van der Waals surface area contributed by atoms with Gasteiger partial charge in [0, 0.05) is 18.0 Å². The number of aliphatic carboxylic acids is 1. The van der Waals surface area contributed by atoms with Crippen molar-refractivity contribution < 1.29 is 34.8 Å². The van der Waals surface area contributed by atoms with Gasteiger partial charge in [-0.15, -0.1) is 0 Å². The number of ether oxygens (including phenoxy) is 1. The van der Waals surface area contributed by atoms with E-state index >= 15 is 0 Å². The second-order valence-corrected chi connectivity index (χ2v) is 9.41. The number of carboxylic acid groups (broad SMARTS) is 1. The standard InChI is InChI=1S/C17H19NO4.C8H8O3/c1-18-7-6-16-13-9-2-3-10(19)14(13)22-15(16)11(20)4-5-17(16,21)12(18)8-9;9-7(8(10)11)6-4-2-1-3-5-6/h2-3,12,15,19,21H,4-8H2,1H3;1-5,7,9H,(H,10,11)/t12-,15+,16+,17-;/m1./s1. The molecule has 2 fully saturated rings. The van der Waals surface area contributed by atoms with E-state index in [2.05, 4.69) is 4.90 Å². The van der Waals surface area contributed by atoms with Gasteiger partial charge in [-0.3, -0.25) is 4.79 Å². The number of nitrogens with zero attached hydrogens (tertiary/aromatic N) is 1. The number of aliphatic hydroxyl groups is 2. The molecule has 2 aromatic carbocycles. The number of ketones is 1. The number of phenols is 1. The minimum absolute atomic E-state index is 0.00319. The molecule has 1 unspecified atom stereocenters. The highest BCUT2D eigenvalue weighted by Gasteiger charge is 2.72. The lowest BCUT2D eigenvalue weighted by molar-refractivity contribution is -0.185. The third-order valence-electron chi connectivity index (χ3n) is 7.87. The van der Waals surface area contributed by atoms with E-state index in [0.717, 1.165) is 24.1 Å². The SMILES string of the molecule is CN1CC[C@]23c4c5ccc(O)c4O[C@H]2C(=O)CC[C@@]3(O)[C@H]1C5.O=C(O)C(O)c1ccccc1. The van der Waals surface area contributed by atoms with Crippen molar-refractivity contribution in [3.63, 3.8) is 0 Å². The molecule has 2 heterocycles. The van der Waals surface area contributed by atoms with Crippen molar-refractivity contribution in [3.05, 3.63) is 59.2 Å². The normalized spacial score (nSPS) is 32.2. The summed E-state index contributed by atoms with van der Waals surface area (Å²) in [4.78, 5) is 25.0. The predicted octanol–water partition coefficient (Wildman–Crippen LogP) is 1.55. The lowest BCUT2D eigenvalue weighted by Crippen LogP contribution is -2.76. The molecule has 2 bridgehead atoms. The number of phenolic OH excluding ortho intramolecular Hbond substituents is 1. The predicted molar refractivity (Wildman–Crippen MR) is 117 cm³/mol. The maximum atomic E-state index is 12.5. The van der Waals surface area contributed by atoms with Crippen LogP contribution in [0.25, 0.3) is 0 Å². The van der Waals surface area contributed by atoms with Gasteiger partial charge < -0.3 is 30.1 Å². The first-order valence-electron chi connectivity index (χ1n) is 11.1. The van der Waals surface area contributed by atoms with Crippen LogP contribution in [0.4, 0.5) is 0 Å². The monoisotopic (exact) mass is 453 g/mol. The maximum absolute atomic E-state index is 12.5. The molecule has 4 N–H and O–H groups in total. The zero-order chi connectivity index (χ0) is 23.5. The molecule has 8 nitrogen and oxygen atoms in total. The molecule has 5 atom stereocenters. The van der Waals surface area contributed by atoms with E-state index in [1.165, 1.54) is 0 Å². The Morgan fingerprint density at radius 1 is 1.18 bits per heavy atom. The molecular formula is C25H27NO7. The Kier molecular flexibility index (Phi) is 5.00. The molecule has 1 saturated carbocycles. The summed E-state index contributed by atoms with van der Waals surface area (Å²) in [6.07, 6.45) is 0.200. The molecule has 33 heavy (non-hydrogen) atoms. The average Bonchev–Trinajstić information content (AvgIpc) is 3.17. The van der Waals surface area contributed by atoms with E-state index in [1.807, 2.05) is 13.1 Å². The first kappa shape index (κ1) is 21.9. The number of hydrogen-bond acceptors (Lipinski definition) is 7. The summed E-state index contributed by atoms with van der Waals surface area (Å²) in [6.45, 7) is 0.828. The number of carbonyl (C=O) groups is 2. The number of hydrogen-bond donors (Lipinski definition) is 4. The van der Waals surface area contributed by atoms with E-state index in [1.54, 1.807) is 36.4 Å². The van der Waals surface area contributed by atoms with Gasteiger partial charge in [-0.25, -0.2) is 4.79 Å². The van der Waals surface area contributed by atoms with Crippen LogP contribution < -0.4 is 4.74 Å². The van der Waals surface area contributed by atoms with Crippen LogP contribution in [0.3, 0.4) is 0 Å². The molecule has 1 spiro atoms. The van der Waals surface area contributed by atoms with Crippen molar-refractivity contribution in [3.8, 4) is 11.5 Å². The van der Waals surface area contributed by atoms with Gasteiger partial charge >= 0.3 is 5.97 Å². The number of likely N-dealkylation sites (tertiary alicyclic amines) is 1. The Hall–Kier alpha value is -2.94. The highest BCUT2D eigenvalue weighted by Crippen LogP contribution is 2.64. The zero-order valence-electron chi connectivity index (χ0n) is 18.3. The molecule has 6 rings (SSSR count). The van der Waals surface area contributed by atoms with Gasteiger partial charge in [0.2, 0.25) is 0 Å². The van der Waals surface area contributed by atoms with Crippen LogP contribution in [0.2, 0.25) is 0 Å². The van der Waals surface area contributed by atoms with Crippen molar-refractivity contribution in [1.82, 2.24) is 4.90 Å². The highest BCUT2D eigenvalue weighted by molar-refractivity contribution is 5.90. The Balaban J connectivity index is 0.000000177. The molecule has 1 saturated heterocycles. The van der Waals surface area contributed by atoms with E-state index < -0.39 is 29.2 Å². The fraction of sp³-hybridized carbons (Fsp3) is 0.440. The van der Waals surface area contributed by atoms with Gasteiger partial charge in [-0.05, 0) is 50.0 Å². The number of carbonyl (C=O) groups excluding carboxylic acids is 1. The second-order valence-electron chi connectivity index (χ2n) is 9.41. The van der Waals surface area contributed by atoms with Gasteiger partial charge in [-0.1, -0.05) is 36.4 Å². The van der Waals surface area contributed by atoms with Crippen molar-refractivity contribution in [2.24, 2.45) is 0 Å². The average molecular weight is 453 g/mol. The van der Waals surface area contributed by atoms with Gasteiger partial charge in [0.05, 0.1) is 11.0 Å². The van der Waals surface area contributed by atoms with Crippen LogP contribution in [-0.2, 0) is 21.4 Å². The first-order chi connectivity index (χ1) is 15.7. The number of carboxylic acids is 1. The summed E-state index contributed by atoms with van der Waals surface area (Å²) in [5.74, 6) is -0.665. The molecule has 0 radical (unpaired) electrons. The van der Waals surface area contributed by atoms with Crippen molar-refractivity contribution in [2.45, 2.75) is 54.9 Å². The number of rotatable bonds is 2. The van der Waals surface area contributed by atoms with Crippen LogP contribution in [-0.4, -0.2) is 68.4 Å². The molecule has 4 aliphatic rings. The summed E-state index contributed by atoms with van der Waals surface area (Å²) in [6, 6.07) is 11.8. The van der Waals surface area contributed by atoms with Crippen LogP contribution in [0, 0.1) is 0 Å². The van der Waals surface area contributed by atoms with Crippen LogP contribution in [0.5, 0.6) is 11.5 Å². The Morgan fingerprint density at radius 2 is 1.91 bits per heavy atom. The Labute approximate surface area is 191 Å². The van der Waals surface area contributed by atoms with Crippen LogP contribution >= 0.6 is 0 Å². The van der Waals surface area contributed by atoms with Gasteiger partial charge in [0.25, 0.3) is 0 Å². The first-order valence-corrected chi connectivity index (χ1v) is 11.1. The fourth-order valence-corrected chi connectivity index (χ4v) is 6.31. The van der Waals surface area contributed by atoms with Gasteiger partial charge in [0.15, 0.2) is 29.5 Å². The molecule has 0 amide bonds. The summed E-state index contributed by atoms with van der Waals surface area (Å²) in [7, 11) is 2.04. The number of likely N-dealkylation sites (N-methyl/N-ethyl adjacent to an activating group) is 1. The summed E-state index contributed by atoms with van der Waals surface area (Å²) in [5.41, 5.74) is 0.773. The van der Waals surface area contributed by atoms with E-state index in [9.17, 15) is 19.8 Å². The van der Waals surface area contributed by atoms with Gasteiger partial charge in [0.1, 0.15) is 0 Å². The Morgan fingerprint density at radius 3 is 2.61 bits per heavy atom. The number of aliphatic hydroxyl groups excluding tert-OH is 1. The minimum atomic E-state index is -1.41. The minimum Gasteiger partial charge on any atom is -0.504 e. The van der Waals surface area contributed by atoms with Crippen LogP contribution in [0.1, 0.15) is 42.1 Å². The molecule has 174 valence electrons. The fourth-order valence-electron chi connectivity index (χ4n) is 6.31. The number of Topliss-reactive ketones (excluding diaryl/α,β-unsaturated/α-hetero) is 1. The number of piperidine rings is 1. The second kappa shape index (κ2) is 7.55. The van der Waals surface area contributed by atoms with E-state index in [-0.39, 0.29) is 17.6 Å². The number of aromatic hydroxyl groups is 1. The molecule has 2 aliphatic heterocycles. The third kappa shape index (κ3) is 2.94. The summed E-state index contributed by atoms with van der Waals surface area (Å²) in [5, 5.41) is 39.2. The van der Waals surface area contributed by atoms with E-state index in [4.69, 9.17) is 14.9 Å². The van der Waals surface area contributed by atoms with Gasteiger partial charge in [-0.2, -0.15) is 0 Å². The zero-order valence-corrected chi connectivity index (χ0v) is 18.3. The molecular weight excluding hydrogens is 426 g/mol. The lowest BCUT2D eigenvalue weighted by atomic mass is 9.49. The largest absolute Gasteiger partial charge is 0.504 e. The molecule has 2 aliphatic carbocycles. The van der Waals surface area contributed by atoms with Crippen LogP contribution in [0.15, 0.2) is 42.5 Å². The molecule has 2 aromatic rings. The van der Waals surface area contributed by atoms with Crippen molar-refractivity contribution in [2.75, 3.05) is 13.6 Å². The molecule has 0 aromatic heterocycles. The lowest BCUT2D eigenvalue weighted by Gasteiger charge is -2.61. The Bertz CT molecular complexity index is 1120. The van der Waals surface area contributed by atoms with E-state index in [0.29, 0.717) is 30.6 Å². The summed E-state index contributed by atoms with van der Waals surface area (Å²) < 4.78 is 5.94. The topological polar surface area (TPSA) is 128 Å². The quantitative estimate of drug-likeness (QED) is 0.539. The summed E-state index contributed by atoms with van der Waals surface area (Å²) >= 11 is 0. The number of benzene rings is 2.